The minimum Gasteiger partial charge on any atom is -0.383 e. The van der Waals surface area contributed by atoms with Crippen LogP contribution in [-0.2, 0) is 21.6 Å². The maximum Gasteiger partial charge on any atom is 0.276 e. The van der Waals surface area contributed by atoms with Crippen LogP contribution < -0.4 is 4.90 Å². The number of para-hydroxylation sites is 1. The quantitative estimate of drug-likeness (QED) is 0.686. The molecule has 0 aromatic heterocycles. The van der Waals surface area contributed by atoms with Gasteiger partial charge in [0.15, 0.2) is 0 Å². The van der Waals surface area contributed by atoms with Gasteiger partial charge in [0.2, 0.25) is 5.60 Å². The lowest BCUT2D eigenvalue weighted by atomic mass is 9.91. The molecule has 1 aliphatic heterocycles. The van der Waals surface area contributed by atoms with Crippen LogP contribution in [0.3, 0.4) is 0 Å². The van der Waals surface area contributed by atoms with Crippen molar-refractivity contribution in [3.63, 3.8) is 0 Å². The van der Waals surface area contributed by atoms with Gasteiger partial charge in [-0.2, -0.15) is 0 Å². The monoisotopic (exact) mass is 397 g/mol. The zero-order chi connectivity index (χ0) is 21.0. The molecule has 4 nitrogen and oxygen atoms in total. The Bertz CT molecular complexity index is 1090. The molecule has 2 atom stereocenters. The fourth-order valence-electron chi connectivity index (χ4n) is 3.85. The molecule has 0 spiro atoms. The number of fused-ring (bicyclic) bond motifs is 1. The first-order valence-corrected chi connectivity index (χ1v) is 9.90. The Morgan fingerprint density at radius 3 is 2.37 bits per heavy atom. The van der Waals surface area contributed by atoms with E-state index in [1.54, 1.807) is 36.3 Å². The van der Waals surface area contributed by atoms with Gasteiger partial charge < -0.3 is 14.7 Å². The van der Waals surface area contributed by atoms with Crippen LogP contribution in [0.1, 0.15) is 16.7 Å². The van der Waals surface area contributed by atoms with Gasteiger partial charge in [0.25, 0.3) is 5.91 Å². The summed E-state index contributed by atoms with van der Waals surface area (Å²) >= 11 is 0. The van der Waals surface area contributed by atoms with Crippen molar-refractivity contribution in [2.45, 2.75) is 18.1 Å². The predicted molar refractivity (Wildman–Crippen MR) is 117 cm³/mol. The second-order valence-electron chi connectivity index (χ2n) is 7.31. The van der Waals surface area contributed by atoms with Crippen LogP contribution in [0.2, 0.25) is 0 Å². The molecule has 0 fully saturated rings. The molecule has 150 valence electrons. The van der Waals surface area contributed by atoms with Crippen molar-refractivity contribution in [1.29, 1.82) is 0 Å². The highest BCUT2D eigenvalue weighted by Gasteiger charge is 2.45. The number of nitrogens with zero attached hydrogens (tertiary/aromatic N) is 1. The number of anilines is 1. The van der Waals surface area contributed by atoms with E-state index in [9.17, 15) is 9.90 Å². The first-order valence-electron chi connectivity index (χ1n) is 9.90. The molecular weight excluding hydrogens is 374 g/mol. The van der Waals surface area contributed by atoms with Crippen molar-refractivity contribution in [3.8, 4) is 11.8 Å². The molecule has 3 aromatic carbocycles. The lowest BCUT2D eigenvalue weighted by Gasteiger charge is -2.32. The van der Waals surface area contributed by atoms with E-state index >= 15 is 0 Å². The zero-order valence-electron chi connectivity index (χ0n) is 16.8. The van der Waals surface area contributed by atoms with Crippen LogP contribution in [0.5, 0.6) is 0 Å². The molecule has 3 aromatic rings. The highest BCUT2D eigenvalue weighted by molar-refractivity contribution is 6.04. The van der Waals surface area contributed by atoms with Crippen molar-refractivity contribution < 1.29 is 14.6 Å². The number of methoxy groups -OCH3 is 1. The Hall–Kier alpha value is -3.39. The molecule has 1 N–H and O–H groups in total. The summed E-state index contributed by atoms with van der Waals surface area (Å²) in [5.41, 5.74) is 1.04. The molecule has 4 heteroatoms. The SMILES string of the molecule is COC[C@@H]1Cc2ccccc2N1C(=O)[C@](O)(C#Cc1ccccc1)c1ccccc1. The van der Waals surface area contributed by atoms with Gasteiger partial charge in [-0.1, -0.05) is 72.7 Å². The van der Waals surface area contributed by atoms with Gasteiger partial charge in [0.05, 0.1) is 12.6 Å². The molecule has 0 bridgehead atoms. The molecule has 0 radical (unpaired) electrons. The van der Waals surface area contributed by atoms with Crippen LogP contribution in [-0.4, -0.2) is 30.8 Å². The molecule has 0 unspecified atom stereocenters. The first-order chi connectivity index (χ1) is 14.6. The number of carbonyl (C=O) groups excluding carboxylic acids is 1. The van der Waals surface area contributed by atoms with Gasteiger partial charge >= 0.3 is 0 Å². The summed E-state index contributed by atoms with van der Waals surface area (Å²) in [5.74, 6) is 5.38. The van der Waals surface area contributed by atoms with Crippen LogP contribution in [0, 0.1) is 11.8 Å². The smallest absolute Gasteiger partial charge is 0.276 e. The minimum atomic E-state index is -1.99. The second kappa shape index (κ2) is 8.54. The Balaban J connectivity index is 1.81. The molecule has 4 rings (SSSR count). The number of rotatable bonds is 4. The lowest BCUT2D eigenvalue weighted by Crippen LogP contribution is -2.50. The summed E-state index contributed by atoms with van der Waals surface area (Å²) in [6, 6.07) is 25.8. The summed E-state index contributed by atoms with van der Waals surface area (Å²) in [5, 5.41) is 11.7. The highest BCUT2D eigenvalue weighted by Crippen LogP contribution is 2.36. The third-order valence-corrected chi connectivity index (χ3v) is 5.31. The standard InChI is InChI=1S/C26H23NO3/c1-30-19-23-18-21-12-8-9-15-24(21)27(23)25(28)26(29,22-13-6-3-7-14-22)17-16-20-10-4-2-5-11-20/h2-15,23,29H,18-19H2,1H3/t23-,26-/m0/s1. The zero-order valence-corrected chi connectivity index (χ0v) is 16.8. The molecule has 0 saturated heterocycles. The maximum absolute atomic E-state index is 13.9. The number of benzene rings is 3. The average molecular weight is 397 g/mol. The molecular formula is C26H23NO3. The number of aliphatic hydroxyl groups is 1. The summed E-state index contributed by atoms with van der Waals surface area (Å²) in [6.07, 6.45) is 0.673. The summed E-state index contributed by atoms with van der Waals surface area (Å²) in [6.45, 7) is 0.372. The Morgan fingerprint density at radius 1 is 1.03 bits per heavy atom. The van der Waals surface area contributed by atoms with Crippen molar-refractivity contribution in [3.05, 3.63) is 102 Å². The molecule has 0 aliphatic carbocycles. The number of ether oxygens (including phenoxy) is 1. The van der Waals surface area contributed by atoms with Crippen LogP contribution in [0.4, 0.5) is 5.69 Å². The van der Waals surface area contributed by atoms with Gasteiger partial charge in [0.1, 0.15) is 0 Å². The summed E-state index contributed by atoms with van der Waals surface area (Å²) < 4.78 is 5.37. The van der Waals surface area contributed by atoms with Gasteiger partial charge in [0, 0.05) is 23.9 Å². The highest BCUT2D eigenvalue weighted by atomic mass is 16.5. The number of amides is 1. The van der Waals surface area contributed by atoms with Gasteiger partial charge in [-0.3, -0.25) is 4.79 Å². The molecule has 0 saturated carbocycles. The number of hydrogen-bond acceptors (Lipinski definition) is 3. The molecule has 1 heterocycles. The normalized spacial score (nSPS) is 16.9. The van der Waals surface area contributed by atoms with Gasteiger partial charge in [-0.15, -0.1) is 0 Å². The largest absolute Gasteiger partial charge is 0.383 e. The number of hydrogen-bond donors (Lipinski definition) is 1. The van der Waals surface area contributed by atoms with Crippen molar-refractivity contribution in [2.75, 3.05) is 18.6 Å². The van der Waals surface area contributed by atoms with Crippen LogP contribution in [0.25, 0.3) is 0 Å². The predicted octanol–water partition coefficient (Wildman–Crippen LogP) is 3.53. The van der Waals surface area contributed by atoms with E-state index < -0.39 is 11.5 Å². The second-order valence-corrected chi connectivity index (χ2v) is 7.31. The van der Waals surface area contributed by atoms with E-state index in [0.29, 0.717) is 18.6 Å². The Kier molecular flexibility index (Phi) is 5.67. The van der Waals surface area contributed by atoms with Crippen molar-refractivity contribution in [1.82, 2.24) is 0 Å². The van der Waals surface area contributed by atoms with Gasteiger partial charge in [-0.05, 0) is 36.1 Å². The molecule has 1 amide bonds. The van der Waals surface area contributed by atoms with E-state index in [1.165, 1.54) is 0 Å². The Morgan fingerprint density at radius 2 is 1.67 bits per heavy atom. The summed E-state index contributed by atoms with van der Waals surface area (Å²) in [4.78, 5) is 15.5. The fourth-order valence-corrected chi connectivity index (χ4v) is 3.85. The van der Waals surface area contributed by atoms with E-state index in [-0.39, 0.29) is 6.04 Å². The minimum absolute atomic E-state index is 0.200. The molecule has 1 aliphatic rings. The maximum atomic E-state index is 13.9. The first kappa shape index (κ1) is 19.9. The van der Waals surface area contributed by atoms with Crippen molar-refractivity contribution in [2.24, 2.45) is 0 Å². The Labute approximate surface area is 176 Å². The number of carbonyl (C=O) groups is 1. The topological polar surface area (TPSA) is 49.8 Å². The van der Waals surface area contributed by atoms with Crippen LogP contribution in [0.15, 0.2) is 84.9 Å². The van der Waals surface area contributed by atoms with E-state index in [2.05, 4.69) is 11.8 Å². The van der Waals surface area contributed by atoms with E-state index in [4.69, 9.17) is 4.74 Å². The molecule has 30 heavy (non-hydrogen) atoms. The summed E-state index contributed by atoms with van der Waals surface area (Å²) in [7, 11) is 1.62. The van der Waals surface area contributed by atoms with Crippen LogP contribution >= 0.6 is 0 Å². The van der Waals surface area contributed by atoms with Gasteiger partial charge in [-0.25, -0.2) is 0 Å². The van der Waals surface area contributed by atoms with E-state index in [0.717, 1.165) is 16.8 Å². The van der Waals surface area contributed by atoms with Crippen molar-refractivity contribution >= 4 is 11.6 Å². The third-order valence-electron chi connectivity index (χ3n) is 5.31. The lowest BCUT2D eigenvalue weighted by molar-refractivity contribution is -0.133. The van der Waals surface area contributed by atoms with E-state index in [1.807, 2.05) is 60.7 Å². The average Bonchev–Trinajstić information content (AvgIpc) is 3.16. The third kappa shape index (κ3) is 3.73. The fraction of sp³-hybridized carbons (Fsp3) is 0.192.